The van der Waals surface area contributed by atoms with Crippen LogP contribution < -0.4 is 0 Å². The highest BCUT2D eigenvalue weighted by atomic mass is 32.2. The van der Waals surface area contributed by atoms with Crippen molar-refractivity contribution >= 4 is 11.8 Å². The first-order valence-corrected chi connectivity index (χ1v) is 8.49. The molecule has 3 nitrogen and oxygen atoms in total. The molecule has 0 saturated carbocycles. The number of unbranched alkanes of at least 4 members (excludes halogenated alkanes) is 3. The molecule has 0 saturated heterocycles. The lowest BCUT2D eigenvalue weighted by molar-refractivity contribution is 0.496. The molecule has 1 heterocycles. The lowest BCUT2D eigenvalue weighted by Gasteiger charge is -2.07. The number of aryl methyl sites for hydroxylation is 2. The van der Waals surface area contributed by atoms with Crippen LogP contribution in [-0.4, -0.2) is 27.0 Å². The summed E-state index contributed by atoms with van der Waals surface area (Å²) in [7, 11) is 0. The van der Waals surface area contributed by atoms with Gasteiger partial charge in [0.1, 0.15) is 0 Å². The Hall–Kier alpha value is -0.510. The maximum absolute atomic E-state index is 4.19. The Bertz CT molecular complexity index is 310. The minimum atomic E-state index is 0.750. The van der Waals surface area contributed by atoms with E-state index in [2.05, 4.69) is 35.1 Å². The molecule has 0 N–H and O–H groups in total. The summed E-state index contributed by atoms with van der Waals surface area (Å²) in [6, 6.07) is 0. The van der Waals surface area contributed by atoms with Crippen LogP contribution in [0.1, 0.15) is 51.6 Å². The summed E-state index contributed by atoms with van der Waals surface area (Å²) in [5, 5.41) is 8.23. The zero-order chi connectivity index (χ0) is 13.2. The fourth-order valence-corrected chi connectivity index (χ4v) is 2.45. The van der Waals surface area contributed by atoms with Crippen molar-refractivity contribution in [2.24, 2.45) is 5.92 Å². The van der Waals surface area contributed by atoms with Gasteiger partial charge in [-0.15, -0.1) is 5.10 Å². The van der Waals surface area contributed by atoms with E-state index < -0.39 is 0 Å². The Morgan fingerprint density at radius 3 is 2.72 bits per heavy atom. The van der Waals surface area contributed by atoms with Gasteiger partial charge in [0.25, 0.3) is 0 Å². The predicted molar refractivity (Wildman–Crippen MR) is 80.0 cm³/mol. The minimum absolute atomic E-state index is 0.750. The van der Waals surface area contributed by atoms with Crippen LogP contribution in [0, 0.1) is 5.92 Å². The van der Waals surface area contributed by atoms with E-state index in [4.69, 9.17) is 0 Å². The molecule has 0 aromatic carbocycles. The third-order valence-electron chi connectivity index (χ3n) is 3.14. The van der Waals surface area contributed by atoms with Crippen LogP contribution in [0.2, 0.25) is 0 Å². The van der Waals surface area contributed by atoms with Crippen LogP contribution in [0.15, 0.2) is 6.20 Å². The molecule has 0 aliphatic heterocycles. The highest BCUT2D eigenvalue weighted by molar-refractivity contribution is 7.98. The smallest absolute Gasteiger partial charge is 0.0725 e. The van der Waals surface area contributed by atoms with Crippen molar-refractivity contribution in [2.75, 3.05) is 12.0 Å². The van der Waals surface area contributed by atoms with Gasteiger partial charge in [0.15, 0.2) is 0 Å². The number of aromatic nitrogens is 3. The van der Waals surface area contributed by atoms with E-state index in [0.717, 1.165) is 18.9 Å². The molecular weight excluding hydrogens is 242 g/mol. The Balaban J connectivity index is 2.19. The Kier molecular flexibility index (Phi) is 8.14. The molecule has 0 bridgehead atoms. The molecule has 104 valence electrons. The Morgan fingerprint density at radius 2 is 2.00 bits per heavy atom. The van der Waals surface area contributed by atoms with Gasteiger partial charge in [0.05, 0.1) is 11.9 Å². The first-order valence-electron chi connectivity index (χ1n) is 7.10. The highest BCUT2D eigenvalue weighted by Crippen LogP contribution is 2.10. The van der Waals surface area contributed by atoms with Gasteiger partial charge >= 0.3 is 0 Å². The number of nitrogens with zero attached hydrogens (tertiary/aromatic N) is 3. The van der Waals surface area contributed by atoms with Crippen molar-refractivity contribution in [1.82, 2.24) is 15.0 Å². The van der Waals surface area contributed by atoms with Crippen molar-refractivity contribution in [3.05, 3.63) is 11.9 Å². The molecule has 1 rings (SSSR count). The average molecular weight is 269 g/mol. The fraction of sp³-hybridized carbons (Fsp3) is 0.857. The molecule has 0 aliphatic carbocycles. The maximum atomic E-state index is 4.19. The zero-order valence-corrected chi connectivity index (χ0v) is 12.9. The zero-order valence-electron chi connectivity index (χ0n) is 12.1. The van der Waals surface area contributed by atoms with E-state index in [0.29, 0.717) is 0 Å². The number of hydrogen-bond donors (Lipinski definition) is 0. The molecule has 0 fully saturated rings. The first-order chi connectivity index (χ1) is 8.74. The van der Waals surface area contributed by atoms with E-state index in [9.17, 15) is 0 Å². The fourth-order valence-electron chi connectivity index (χ4n) is 1.96. The first kappa shape index (κ1) is 15.5. The maximum Gasteiger partial charge on any atom is 0.0725 e. The van der Waals surface area contributed by atoms with Gasteiger partial charge < -0.3 is 0 Å². The van der Waals surface area contributed by atoms with Crippen molar-refractivity contribution in [3.63, 3.8) is 0 Å². The van der Waals surface area contributed by atoms with Crippen molar-refractivity contribution in [3.8, 4) is 0 Å². The topological polar surface area (TPSA) is 30.7 Å². The number of hydrogen-bond acceptors (Lipinski definition) is 3. The molecule has 0 aliphatic rings. The van der Waals surface area contributed by atoms with Gasteiger partial charge in [0, 0.05) is 6.54 Å². The monoisotopic (exact) mass is 269 g/mol. The second kappa shape index (κ2) is 9.42. The lowest BCUT2D eigenvalue weighted by atomic mass is 10.1. The van der Waals surface area contributed by atoms with E-state index in [1.807, 2.05) is 18.0 Å². The summed E-state index contributed by atoms with van der Waals surface area (Å²) in [6.07, 6.45) is 11.7. The third kappa shape index (κ3) is 6.43. The van der Waals surface area contributed by atoms with Crippen LogP contribution in [0.5, 0.6) is 0 Å². The Labute approximate surface area is 116 Å². The lowest BCUT2D eigenvalue weighted by Crippen LogP contribution is -2.06. The molecule has 0 atom stereocenters. The van der Waals surface area contributed by atoms with E-state index in [-0.39, 0.29) is 0 Å². The summed E-state index contributed by atoms with van der Waals surface area (Å²) in [5.41, 5.74) is 1.30. The standard InChI is InChI=1S/C14H27N3S/c1-13(2)8-9-14-12-15-16-17(14)10-6-4-5-7-11-18-3/h12-13H,4-11H2,1-3H3. The van der Waals surface area contributed by atoms with Crippen LogP contribution in [-0.2, 0) is 13.0 Å². The molecule has 4 heteroatoms. The quantitative estimate of drug-likeness (QED) is 0.605. The molecule has 0 amide bonds. The largest absolute Gasteiger partial charge is 0.249 e. The summed E-state index contributed by atoms with van der Waals surface area (Å²) < 4.78 is 2.09. The van der Waals surface area contributed by atoms with Crippen LogP contribution in [0.4, 0.5) is 0 Å². The normalized spacial score (nSPS) is 11.3. The Morgan fingerprint density at radius 1 is 1.22 bits per heavy atom. The summed E-state index contributed by atoms with van der Waals surface area (Å²) in [5.74, 6) is 2.04. The van der Waals surface area contributed by atoms with Crippen molar-refractivity contribution in [2.45, 2.75) is 58.9 Å². The number of rotatable bonds is 10. The molecule has 18 heavy (non-hydrogen) atoms. The van der Waals surface area contributed by atoms with Gasteiger partial charge in [-0.3, -0.25) is 0 Å². The third-order valence-corrected chi connectivity index (χ3v) is 3.84. The average Bonchev–Trinajstić information content (AvgIpc) is 2.78. The van der Waals surface area contributed by atoms with Gasteiger partial charge in [-0.1, -0.05) is 31.9 Å². The van der Waals surface area contributed by atoms with E-state index in [1.165, 1.54) is 43.6 Å². The molecule has 1 aromatic rings. The number of thioether (sulfide) groups is 1. The predicted octanol–water partition coefficient (Wildman–Crippen LogP) is 3.79. The highest BCUT2D eigenvalue weighted by Gasteiger charge is 2.04. The van der Waals surface area contributed by atoms with Gasteiger partial charge in [0.2, 0.25) is 0 Å². The van der Waals surface area contributed by atoms with E-state index >= 15 is 0 Å². The van der Waals surface area contributed by atoms with Crippen LogP contribution in [0.3, 0.4) is 0 Å². The van der Waals surface area contributed by atoms with Crippen molar-refractivity contribution < 1.29 is 0 Å². The molecular formula is C14H27N3S. The minimum Gasteiger partial charge on any atom is -0.249 e. The second-order valence-corrected chi connectivity index (χ2v) is 6.27. The van der Waals surface area contributed by atoms with Gasteiger partial charge in [-0.25, -0.2) is 4.68 Å². The van der Waals surface area contributed by atoms with Gasteiger partial charge in [-0.05, 0) is 43.6 Å². The molecule has 0 unspecified atom stereocenters. The van der Waals surface area contributed by atoms with Crippen LogP contribution in [0.25, 0.3) is 0 Å². The summed E-state index contributed by atoms with van der Waals surface area (Å²) in [4.78, 5) is 0. The molecule has 1 aromatic heterocycles. The summed E-state index contributed by atoms with van der Waals surface area (Å²) in [6.45, 7) is 5.56. The van der Waals surface area contributed by atoms with Crippen molar-refractivity contribution in [1.29, 1.82) is 0 Å². The molecule has 0 spiro atoms. The van der Waals surface area contributed by atoms with E-state index in [1.54, 1.807) is 0 Å². The van der Waals surface area contributed by atoms with Gasteiger partial charge in [-0.2, -0.15) is 11.8 Å². The second-order valence-electron chi connectivity index (χ2n) is 5.29. The summed E-state index contributed by atoms with van der Waals surface area (Å²) >= 11 is 1.94. The SMILES string of the molecule is CSCCCCCCn1nncc1CCC(C)C. The molecule has 0 radical (unpaired) electrons. The van der Waals surface area contributed by atoms with Crippen LogP contribution >= 0.6 is 11.8 Å².